The standard InChI is InChI=1S/C23H24F4N6O/c24-16-5-3-14(4-6-16)21-19(2-1-11-28-21)29-13-15-12-17(7-10-20(15)34-18-8-9-18)33-22(23(25,26)27)30-31-32-33/h3-7,10,12,18-19,21,28-29H,1-2,8-9,11,13H2/t19?,21-/m0/s1. The molecular formula is C23H24F4N6O. The topological polar surface area (TPSA) is 76.9 Å². The minimum atomic E-state index is -4.68. The lowest BCUT2D eigenvalue weighted by Gasteiger charge is -2.34. The van der Waals surface area contributed by atoms with Crippen molar-refractivity contribution in [2.24, 2.45) is 0 Å². The summed E-state index contributed by atoms with van der Waals surface area (Å²) >= 11 is 0. The Hall–Kier alpha value is -3.05. The highest BCUT2D eigenvalue weighted by molar-refractivity contribution is 5.44. The molecule has 1 aliphatic carbocycles. The summed E-state index contributed by atoms with van der Waals surface area (Å²) in [5.41, 5.74) is 1.90. The highest BCUT2D eigenvalue weighted by atomic mass is 19.4. The number of alkyl halides is 3. The Morgan fingerprint density at radius 2 is 1.88 bits per heavy atom. The van der Waals surface area contributed by atoms with Crippen molar-refractivity contribution in [3.63, 3.8) is 0 Å². The van der Waals surface area contributed by atoms with Crippen molar-refractivity contribution in [1.29, 1.82) is 0 Å². The van der Waals surface area contributed by atoms with E-state index < -0.39 is 12.0 Å². The van der Waals surface area contributed by atoms with Crippen LogP contribution >= 0.6 is 0 Å². The quantitative estimate of drug-likeness (QED) is 0.503. The number of halogens is 4. The zero-order chi connectivity index (χ0) is 23.7. The van der Waals surface area contributed by atoms with Crippen molar-refractivity contribution < 1.29 is 22.3 Å². The molecule has 1 saturated carbocycles. The van der Waals surface area contributed by atoms with Gasteiger partial charge in [0.1, 0.15) is 11.6 Å². The largest absolute Gasteiger partial charge is 0.490 e. The molecule has 5 rings (SSSR count). The SMILES string of the molecule is Fc1ccc([C@@H]2NCCCC2NCc2cc(-n3nnnc3C(F)(F)F)ccc2OC2CC2)cc1. The van der Waals surface area contributed by atoms with E-state index in [0.29, 0.717) is 17.0 Å². The first-order chi connectivity index (χ1) is 16.4. The number of benzene rings is 2. The first-order valence-electron chi connectivity index (χ1n) is 11.3. The molecule has 0 spiro atoms. The number of rotatable bonds is 7. The van der Waals surface area contributed by atoms with E-state index in [1.807, 2.05) is 0 Å². The average molecular weight is 476 g/mol. The van der Waals surface area contributed by atoms with Crippen LogP contribution in [0, 0.1) is 5.82 Å². The maximum atomic E-state index is 13.4. The molecule has 2 heterocycles. The number of hydrogen-bond acceptors (Lipinski definition) is 6. The molecule has 3 aromatic rings. The van der Waals surface area contributed by atoms with Crippen LogP contribution in [0.15, 0.2) is 42.5 Å². The molecule has 0 amide bonds. The van der Waals surface area contributed by atoms with Gasteiger partial charge in [0, 0.05) is 24.2 Å². The number of nitrogens with one attached hydrogen (secondary N) is 2. The molecule has 2 aromatic carbocycles. The molecule has 1 aromatic heterocycles. The number of aromatic nitrogens is 4. The Morgan fingerprint density at radius 1 is 1.09 bits per heavy atom. The first kappa shape index (κ1) is 22.7. The number of piperidine rings is 1. The molecule has 0 bridgehead atoms. The molecule has 7 nitrogen and oxygen atoms in total. The molecule has 34 heavy (non-hydrogen) atoms. The van der Waals surface area contributed by atoms with Crippen molar-refractivity contribution in [1.82, 2.24) is 30.8 Å². The Labute approximate surface area is 193 Å². The van der Waals surface area contributed by atoms with E-state index in [4.69, 9.17) is 4.74 Å². The molecule has 2 aliphatic rings. The van der Waals surface area contributed by atoms with Crippen LogP contribution in [0.4, 0.5) is 17.6 Å². The number of hydrogen-bond donors (Lipinski definition) is 2. The van der Waals surface area contributed by atoms with Crippen LogP contribution in [-0.2, 0) is 12.7 Å². The van der Waals surface area contributed by atoms with E-state index in [1.54, 1.807) is 24.3 Å². The average Bonchev–Trinajstić information content (AvgIpc) is 3.49. The molecule has 1 unspecified atom stereocenters. The van der Waals surface area contributed by atoms with Gasteiger partial charge in [-0.25, -0.2) is 4.39 Å². The van der Waals surface area contributed by atoms with Crippen LogP contribution in [0.3, 0.4) is 0 Å². The van der Waals surface area contributed by atoms with E-state index >= 15 is 0 Å². The number of ether oxygens (including phenoxy) is 1. The van der Waals surface area contributed by atoms with Gasteiger partial charge in [0.05, 0.1) is 11.8 Å². The van der Waals surface area contributed by atoms with Crippen molar-refractivity contribution in [2.45, 2.75) is 56.6 Å². The second kappa shape index (κ2) is 9.30. The molecule has 1 saturated heterocycles. The first-order valence-corrected chi connectivity index (χ1v) is 11.3. The lowest BCUT2D eigenvalue weighted by atomic mass is 9.92. The van der Waals surface area contributed by atoms with Gasteiger partial charge in [-0.15, -0.1) is 5.10 Å². The van der Waals surface area contributed by atoms with Gasteiger partial charge in [-0.05, 0) is 78.6 Å². The third-order valence-electron chi connectivity index (χ3n) is 6.07. The van der Waals surface area contributed by atoms with Crippen LogP contribution in [0.1, 0.15) is 48.7 Å². The van der Waals surface area contributed by atoms with Crippen LogP contribution in [0.25, 0.3) is 5.69 Å². The zero-order valence-corrected chi connectivity index (χ0v) is 18.2. The second-order valence-electron chi connectivity index (χ2n) is 8.63. The molecule has 180 valence electrons. The fourth-order valence-electron chi connectivity index (χ4n) is 4.22. The van der Waals surface area contributed by atoms with Gasteiger partial charge < -0.3 is 15.4 Å². The van der Waals surface area contributed by atoms with E-state index in [9.17, 15) is 17.6 Å². The smallest absolute Gasteiger partial charge is 0.453 e. The highest BCUT2D eigenvalue weighted by Crippen LogP contribution is 2.33. The van der Waals surface area contributed by atoms with Crippen LogP contribution in [-0.4, -0.2) is 38.9 Å². The second-order valence-corrected chi connectivity index (χ2v) is 8.63. The molecule has 11 heteroatoms. The van der Waals surface area contributed by atoms with Crippen LogP contribution in [0.5, 0.6) is 5.75 Å². The van der Waals surface area contributed by atoms with E-state index in [-0.39, 0.29) is 29.7 Å². The predicted molar refractivity (Wildman–Crippen MR) is 115 cm³/mol. The van der Waals surface area contributed by atoms with Crippen molar-refractivity contribution in [3.8, 4) is 11.4 Å². The van der Waals surface area contributed by atoms with Crippen molar-refractivity contribution >= 4 is 0 Å². The fourth-order valence-corrected chi connectivity index (χ4v) is 4.22. The van der Waals surface area contributed by atoms with E-state index in [0.717, 1.165) is 43.4 Å². The predicted octanol–water partition coefficient (Wildman–Crippen LogP) is 3.94. The Morgan fingerprint density at radius 3 is 2.62 bits per heavy atom. The lowest BCUT2D eigenvalue weighted by Crippen LogP contribution is -2.45. The summed E-state index contributed by atoms with van der Waals surface area (Å²) in [6.07, 6.45) is -0.759. The van der Waals surface area contributed by atoms with Gasteiger partial charge in [-0.3, -0.25) is 0 Å². The van der Waals surface area contributed by atoms with Crippen LogP contribution in [0.2, 0.25) is 0 Å². The Balaban J connectivity index is 1.39. The summed E-state index contributed by atoms with van der Waals surface area (Å²) < 4.78 is 60.0. The lowest BCUT2D eigenvalue weighted by molar-refractivity contribution is -0.146. The molecule has 2 N–H and O–H groups in total. The summed E-state index contributed by atoms with van der Waals surface area (Å²) in [7, 11) is 0. The van der Waals surface area contributed by atoms with Gasteiger partial charge in [0.15, 0.2) is 0 Å². The molecule has 2 fully saturated rings. The van der Waals surface area contributed by atoms with Gasteiger partial charge in [-0.1, -0.05) is 12.1 Å². The summed E-state index contributed by atoms with van der Waals surface area (Å²) in [6.45, 7) is 1.23. The van der Waals surface area contributed by atoms with Gasteiger partial charge >= 0.3 is 6.18 Å². The molecule has 2 atom stereocenters. The van der Waals surface area contributed by atoms with E-state index in [2.05, 4.69) is 26.2 Å². The Kier molecular flexibility index (Phi) is 6.22. The highest BCUT2D eigenvalue weighted by Gasteiger charge is 2.38. The van der Waals surface area contributed by atoms with Crippen molar-refractivity contribution in [3.05, 3.63) is 65.2 Å². The maximum absolute atomic E-state index is 13.4. The van der Waals surface area contributed by atoms with Crippen molar-refractivity contribution in [2.75, 3.05) is 6.54 Å². The molecule has 1 aliphatic heterocycles. The van der Waals surface area contributed by atoms with E-state index in [1.165, 1.54) is 18.2 Å². The fraction of sp³-hybridized carbons (Fsp3) is 0.435. The number of tetrazole rings is 1. The van der Waals surface area contributed by atoms with Crippen LogP contribution < -0.4 is 15.4 Å². The summed E-state index contributed by atoms with van der Waals surface area (Å²) in [5.74, 6) is -0.846. The Bertz CT molecular complexity index is 1130. The van der Waals surface area contributed by atoms with Gasteiger partial charge in [-0.2, -0.15) is 17.9 Å². The minimum Gasteiger partial charge on any atom is -0.490 e. The molecular weight excluding hydrogens is 452 g/mol. The normalized spacial score (nSPS) is 20.9. The zero-order valence-electron chi connectivity index (χ0n) is 18.2. The van der Waals surface area contributed by atoms with Gasteiger partial charge in [0.2, 0.25) is 0 Å². The van der Waals surface area contributed by atoms with Gasteiger partial charge in [0.25, 0.3) is 5.82 Å². The minimum absolute atomic E-state index is 0.0123. The maximum Gasteiger partial charge on any atom is 0.453 e. The third-order valence-corrected chi connectivity index (χ3v) is 6.07. The molecule has 0 radical (unpaired) electrons. The third kappa shape index (κ3) is 5.05. The summed E-state index contributed by atoms with van der Waals surface area (Å²) in [5, 5.41) is 16.9. The monoisotopic (exact) mass is 476 g/mol. The summed E-state index contributed by atoms with van der Waals surface area (Å²) in [6, 6.07) is 11.3. The number of nitrogens with zero attached hydrogens (tertiary/aromatic N) is 4. The summed E-state index contributed by atoms with van der Waals surface area (Å²) in [4.78, 5) is 0.